The van der Waals surface area contributed by atoms with Gasteiger partial charge in [0.2, 0.25) is 5.95 Å². The van der Waals surface area contributed by atoms with Crippen molar-refractivity contribution in [3.05, 3.63) is 40.4 Å². The Labute approximate surface area is 137 Å². The summed E-state index contributed by atoms with van der Waals surface area (Å²) >= 11 is 11.8. The molecule has 6 nitrogen and oxygen atoms in total. The normalized spacial score (nSPS) is 12.5. The van der Waals surface area contributed by atoms with Crippen LogP contribution in [0.5, 0.6) is 0 Å². The average molecular weight is 354 g/mol. The van der Waals surface area contributed by atoms with Gasteiger partial charge in [-0.1, -0.05) is 23.2 Å². The Bertz CT molecular complexity index is 918. The molecule has 1 unspecified atom stereocenters. The van der Waals surface area contributed by atoms with Crippen LogP contribution in [0.25, 0.3) is 11.0 Å². The number of benzene rings is 1. The lowest BCUT2D eigenvalue weighted by Gasteiger charge is -2.06. The van der Waals surface area contributed by atoms with Crippen molar-refractivity contribution < 1.29 is 4.21 Å². The molecule has 3 rings (SSSR count). The van der Waals surface area contributed by atoms with Crippen molar-refractivity contribution in [3.8, 4) is 0 Å². The Morgan fingerprint density at radius 3 is 2.45 bits per heavy atom. The summed E-state index contributed by atoms with van der Waals surface area (Å²) in [6, 6.07) is 7.97. The molecule has 9 heteroatoms. The van der Waals surface area contributed by atoms with Crippen molar-refractivity contribution in [1.82, 2.24) is 15.0 Å². The molecule has 4 N–H and O–H groups in total. The van der Waals surface area contributed by atoms with E-state index in [1.165, 1.54) is 6.07 Å². The van der Waals surface area contributed by atoms with Crippen LogP contribution in [-0.2, 0) is 10.8 Å². The van der Waals surface area contributed by atoms with E-state index in [0.29, 0.717) is 31.0 Å². The van der Waals surface area contributed by atoms with E-state index in [0.717, 1.165) is 0 Å². The number of hydrogen-bond acceptors (Lipinski definition) is 6. The molecule has 0 fully saturated rings. The lowest BCUT2D eigenvalue weighted by atomic mass is 10.3. The maximum Gasteiger partial charge on any atom is 0.222 e. The highest BCUT2D eigenvalue weighted by Crippen LogP contribution is 2.27. The van der Waals surface area contributed by atoms with Gasteiger partial charge in [-0.2, -0.15) is 4.98 Å². The van der Waals surface area contributed by atoms with Gasteiger partial charge in [0, 0.05) is 4.90 Å². The number of nitrogen functional groups attached to an aromatic ring is 2. The minimum atomic E-state index is -1.53. The van der Waals surface area contributed by atoms with E-state index in [-0.39, 0.29) is 11.8 Å². The van der Waals surface area contributed by atoms with Crippen LogP contribution in [0.1, 0.15) is 0 Å². The van der Waals surface area contributed by atoms with Gasteiger partial charge in [0.1, 0.15) is 21.3 Å². The van der Waals surface area contributed by atoms with Crippen molar-refractivity contribution in [2.75, 3.05) is 11.5 Å². The number of nitrogens with two attached hydrogens (primary N) is 2. The molecule has 0 bridgehead atoms. The molecule has 0 spiro atoms. The summed E-state index contributed by atoms with van der Waals surface area (Å²) in [4.78, 5) is 12.6. The minimum Gasteiger partial charge on any atom is -0.382 e. The quantitative estimate of drug-likeness (QED) is 0.733. The van der Waals surface area contributed by atoms with Crippen LogP contribution >= 0.6 is 23.2 Å². The molecular weight excluding hydrogens is 345 g/mol. The fourth-order valence-corrected chi connectivity index (χ4v) is 3.24. The second-order valence-electron chi connectivity index (χ2n) is 4.33. The van der Waals surface area contributed by atoms with E-state index in [9.17, 15) is 4.21 Å². The van der Waals surface area contributed by atoms with Crippen LogP contribution in [0.15, 0.2) is 40.3 Å². The summed E-state index contributed by atoms with van der Waals surface area (Å²) in [7, 11) is -1.53. The summed E-state index contributed by atoms with van der Waals surface area (Å²) in [5.74, 6) is 0.195. The van der Waals surface area contributed by atoms with E-state index in [2.05, 4.69) is 15.0 Å². The van der Waals surface area contributed by atoms with Gasteiger partial charge in [0.05, 0.1) is 15.6 Å². The van der Waals surface area contributed by atoms with Gasteiger partial charge in [-0.15, -0.1) is 0 Å². The lowest BCUT2D eigenvalue weighted by Crippen LogP contribution is -2.04. The standard InChI is InChI=1S/C13H9Cl2N5OS/c14-7-2-1-6(5-8(7)15)22(21)10-4-3-9-11(19-10)12(16)20-13(17)18-9/h1-5H,(H4,16,17,18,20). The zero-order valence-electron chi connectivity index (χ0n) is 11.0. The van der Waals surface area contributed by atoms with Crippen molar-refractivity contribution in [3.63, 3.8) is 0 Å². The molecular formula is C13H9Cl2N5OS. The van der Waals surface area contributed by atoms with E-state index >= 15 is 0 Å². The first-order valence-corrected chi connectivity index (χ1v) is 7.93. The number of aromatic nitrogens is 3. The monoisotopic (exact) mass is 353 g/mol. The minimum absolute atomic E-state index is 0.0603. The van der Waals surface area contributed by atoms with Crippen LogP contribution in [-0.4, -0.2) is 19.2 Å². The molecule has 22 heavy (non-hydrogen) atoms. The molecule has 0 amide bonds. The molecule has 0 saturated carbocycles. The van der Waals surface area contributed by atoms with Gasteiger partial charge in [-0.25, -0.2) is 14.2 Å². The van der Waals surface area contributed by atoms with Crippen molar-refractivity contribution in [2.24, 2.45) is 0 Å². The van der Waals surface area contributed by atoms with Crippen molar-refractivity contribution in [2.45, 2.75) is 9.92 Å². The Balaban J connectivity index is 2.09. The lowest BCUT2D eigenvalue weighted by molar-refractivity contribution is 0.681. The highest BCUT2D eigenvalue weighted by atomic mass is 35.5. The van der Waals surface area contributed by atoms with Gasteiger partial charge in [-0.05, 0) is 30.3 Å². The molecule has 2 aromatic heterocycles. The SMILES string of the molecule is Nc1nc(N)c2nc(S(=O)c3ccc(Cl)c(Cl)c3)ccc2n1. The molecule has 1 atom stereocenters. The number of nitrogens with zero attached hydrogens (tertiary/aromatic N) is 3. The fourth-order valence-electron chi connectivity index (χ4n) is 1.85. The van der Waals surface area contributed by atoms with E-state index < -0.39 is 10.8 Å². The highest BCUT2D eigenvalue weighted by molar-refractivity contribution is 7.85. The Morgan fingerprint density at radius 2 is 1.73 bits per heavy atom. The molecule has 0 aliphatic heterocycles. The highest BCUT2D eigenvalue weighted by Gasteiger charge is 2.13. The van der Waals surface area contributed by atoms with Crippen LogP contribution < -0.4 is 11.5 Å². The van der Waals surface area contributed by atoms with Gasteiger partial charge in [0.15, 0.2) is 5.82 Å². The number of anilines is 2. The van der Waals surface area contributed by atoms with Crippen LogP contribution in [0.2, 0.25) is 10.0 Å². The third-order valence-corrected chi connectivity index (χ3v) is 4.88. The third kappa shape index (κ3) is 2.70. The Hall–Kier alpha value is -1.96. The van der Waals surface area contributed by atoms with Gasteiger partial charge in [0.25, 0.3) is 0 Å². The summed E-state index contributed by atoms with van der Waals surface area (Å²) in [6.07, 6.45) is 0. The average Bonchev–Trinajstić information content (AvgIpc) is 2.49. The first kappa shape index (κ1) is 15.0. The Morgan fingerprint density at radius 1 is 0.955 bits per heavy atom. The Kier molecular flexibility index (Phi) is 3.86. The number of halogens is 2. The first-order valence-electron chi connectivity index (χ1n) is 6.02. The summed E-state index contributed by atoms with van der Waals surface area (Å²) in [5, 5.41) is 1.02. The maximum absolute atomic E-state index is 12.6. The number of hydrogen-bond donors (Lipinski definition) is 2. The van der Waals surface area contributed by atoms with E-state index in [1.807, 2.05) is 0 Å². The second-order valence-corrected chi connectivity index (χ2v) is 6.57. The molecule has 0 saturated heterocycles. The van der Waals surface area contributed by atoms with Crippen LogP contribution in [0.3, 0.4) is 0 Å². The topological polar surface area (TPSA) is 108 Å². The van der Waals surface area contributed by atoms with Gasteiger partial charge >= 0.3 is 0 Å². The first-order chi connectivity index (χ1) is 10.5. The summed E-state index contributed by atoms with van der Waals surface area (Å²) in [5.41, 5.74) is 12.1. The molecule has 0 aliphatic carbocycles. The summed E-state index contributed by atoms with van der Waals surface area (Å²) < 4.78 is 12.6. The zero-order chi connectivity index (χ0) is 15.9. The smallest absolute Gasteiger partial charge is 0.222 e. The van der Waals surface area contributed by atoms with Gasteiger partial charge in [-0.3, -0.25) is 0 Å². The second kappa shape index (κ2) is 5.68. The number of fused-ring (bicyclic) bond motifs is 1. The molecule has 1 aromatic carbocycles. The fraction of sp³-hybridized carbons (Fsp3) is 0. The number of pyridine rings is 1. The summed E-state index contributed by atoms with van der Waals surface area (Å²) in [6.45, 7) is 0. The molecule has 3 aromatic rings. The zero-order valence-corrected chi connectivity index (χ0v) is 13.3. The number of rotatable bonds is 2. The predicted octanol–water partition coefficient (Wildman–Crippen LogP) is 2.66. The van der Waals surface area contributed by atoms with Crippen LogP contribution in [0, 0.1) is 0 Å². The maximum atomic E-state index is 12.6. The van der Waals surface area contributed by atoms with Crippen molar-refractivity contribution in [1.29, 1.82) is 0 Å². The third-order valence-electron chi connectivity index (χ3n) is 2.86. The molecule has 0 aliphatic rings. The largest absolute Gasteiger partial charge is 0.382 e. The molecule has 2 heterocycles. The predicted molar refractivity (Wildman–Crippen MR) is 87.3 cm³/mol. The van der Waals surface area contributed by atoms with Crippen molar-refractivity contribution >= 4 is 56.8 Å². The molecule has 0 radical (unpaired) electrons. The van der Waals surface area contributed by atoms with Gasteiger partial charge < -0.3 is 11.5 Å². The van der Waals surface area contributed by atoms with E-state index in [1.54, 1.807) is 24.3 Å². The van der Waals surface area contributed by atoms with Crippen LogP contribution in [0.4, 0.5) is 11.8 Å². The molecule has 112 valence electrons. The van der Waals surface area contributed by atoms with E-state index in [4.69, 9.17) is 34.7 Å².